The summed E-state index contributed by atoms with van der Waals surface area (Å²) in [5, 5.41) is 1.18. The number of rotatable bonds is 3. The number of thiophene rings is 1. The van der Waals surface area contributed by atoms with Crippen LogP contribution in [0, 0.1) is 5.92 Å². The minimum absolute atomic E-state index is 0.396. The third-order valence-electron chi connectivity index (χ3n) is 4.81. The molecule has 0 radical (unpaired) electrons. The quantitative estimate of drug-likeness (QED) is 0.946. The first kappa shape index (κ1) is 13.5. The molecule has 1 fully saturated rings. The molecule has 4 nitrogen and oxygen atoms in total. The molecule has 0 spiro atoms. The van der Waals surface area contributed by atoms with Crippen LogP contribution in [0.15, 0.2) is 6.33 Å². The first-order valence-corrected chi connectivity index (χ1v) is 8.76. The number of ether oxygens (including phenoxy) is 1. The molecule has 5 heteroatoms. The Labute approximate surface area is 128 Å². The molecular formula is C16H21N3OS. The van der Waals surface area contributed by atoms with Crippen molar-refractivity contribution in [1.29, 1.82) is 0 Å². The number of fused-ring (bicyclic) bond motifs is 3. The van der Waals surface area contributed by atoms with E-state index in [-0.39, 0.29) is 0 Å². The zero-order chi connectivity index (χ0) is 14.2. The lowest BCUT2D eigenvalue weighted by Crippen LogP contribution is -2.28. The van der Waals surface area contributed by atoms with Crippen molar-refractivity contribution >= 4 is 21.6 Å². The molecule has 2 N–H and O–H groups in total. The van der Waals surface area contributed by atoms with Crippen molar-refractivity contribution in [1.82, 2.24) is 9.97 Å². The predicted molar refractivity (Wildman–Crippen MR) is 84.9 cm³/mol. The van der Waals surface area contributed by atoms with Gasteiger partial charge in [-0.3, -0.25) is 0 Å². The van der Waals surface area contributed by atoms with Crippen molar-refractivity contribution in [3.05, 3.63) is 16.8 Å². The maximum Gasteiger partial charge on any atom is 0.225 e. The fourth-order valence-electron chi connectivity index (χ4n) is 3.56. The molecule has 0 saturated heterocycles. The van der Waals surface area contributed by atoms with Gasteiger partial charge in [0.25, 0.3) is 0 Å². The van der Waals surface area contributed by atoms with Gasteiger partial charge >= 0.3 is 0 Å². The maximum absolute atomic E-state index is 6.09. The second kappa shape index (κ2) is 5.54. The zero-order valence-electron chi connectivity index (χ0n) is 12.2. The summed E-state index contributed by atoms with van der Waals surface area (Å²) in [6.07, 6.45) is 9.84. The van der Waals surface area contributed by atoms with Gasteiger partial charge in [0.15, 0.2) is 0 Å². The van der Waals surface area contributed by atoms with E-state index in [1.807, 2.05) is 11.3 Å². The maximum atomic E-state index is 6.09. The van der Waals surface area contributed by atoms with Crippen LogP contribution in [-0.2, 0) is 12.8 Å². The van der Waals surface area contributed by atoms with E-state index in [1.54, 1.807) is 6.33 Å². The van der Waals surface area contributed by atoms with E-state index in [9.17, 15) is 0 Å². The van der Waals surface area contributed by atoms with Crippen LogP contribution in [0.1, 0.15) is 42.5 Å². The van der Waals surface area contributed by atoms with Crippen molar-refractivity contribution in [2.24, 2.45) is 11.7 Å². The van der Waals surface area contributed by atoms with Gasteiger partial charge in [-0.2, -0.15) is 0 Å². The van der Waals surface area contributed by atoms with E-state index in [4.69, 9.17) is 10.5 Å². The fourth-order valence-corrected chi connectivity index (χ4v) is 4.78. The molecule has 21 heavy (non-hydrogen) atoms. The summed E-state index contributed by atoms with van der Waals surface area (Å²) < 4.78 is 6.09. The molecule has 0 aliphatic heterocycles. The Morgan fingerprint density at radius 3 is 2.90 bits per heavy atom. The van der Waals surface area contributed by atoms with Crippen LogP contribution in [0.3, 0.4) is 0 Å². The van der Waals surface area contributed by atoms with Crippen LogP contribution in [0.4, 0.5) is 0 Å². The van der Waals surface area contributed by atoms with Crippen LogP contribution in [0.5, 0.6) is 5.88 Å². The summed E-state index contributed by atoms with van der Waals surface area (Å²) in [5.41, 5.74) is 7.41. The highest BCUT2D eigenvalue weighted by atomic mass is 32.1. The van der Waals surface area contributed by atoms with Crippen LogP contribution in [0.25, 0.3) is 10.2 Å². The number of hydrogen-bond donors (Lipinski definition) is 1. The van der Waals surface area contributed by atoms with Gasteiger partial charge in [0, 0.05) is 10.9 Å². The zero-order valence-corrected chi connectivity index (χ0v) is 13.0. The molecule has 0 unspecified atom stereocenters. The average Bonchev–Trinajstić information content (AvgIpc) is 3.07. The largest absolute Gasteiger partial charge is 0.477 e. The highest BCUT2D eigenvalue weighted by molar-refractivity contribution is 7.18. The van der Waals surface area contributed by atoms with Gasteiger partial charge in [-0.15, -0.1) is 11.3 Å². The minimum atomic E-state index is 0.396. The third kappa shape index (κ3) is 2.53. The molecule has 112 valence electrons. The molecule has 0 amide bonds. The number of hydrogen-bond acceptors (Lipinski definition) is 5. The Balaban J connectivity index is 1.54. The topological polar surface area (TPSA) is 61.0 Å². The summed E-state index contributed by atoms with van der Waals surface area (Å²) in [7, 11) is 0. The summed E-state index contributed by atoms with van der Waals surface area (Å²) in [4.78, 5) is 11.4. The van der Waals surface area contributed by atoms with Gasteiger partial charge in [0.2, 0.25) is 5.88 Å². The molecule has 2 heterocycles. The highest BCUT2D eigenvalue weighted by Crippen LogP contribution is 2.40. The van der Waals surface area contributed by atoms with E-state index in [2.05, 4.69) is 9.97 Å². The standard InChI is InChI=1S/C16H21N3OS/c17-11-6-4-10(5-7-11)8-20-15-14-12-2-1-3-13(12)21-16(14)19-9-18-15/h9-11H,1-8,17H2/t10-,11-. The molecule has 1 saturated carbocycles. The van der Waals surface area contributed by atoms with E-state index < -0.39 is 0 Å². The number of aryl methyl sites for hydroxylation is 2. The number of nitrogens with two attached hydrogens (primary N) is 1. The van der Waals surface area contributed by atoms with Gasteiger partial charge in [-0.25, -0.2) is 9.97 Å². The first-order valence-electron chi connectivity index (χ1n) is 7.95. The van der Waals surface area contributed by atoms with Gasteiger partial charge in [-0.05, 0) is 56.4 Å². The molecule has 0 atom stereocenters. The van der Waals surface area contributed by atoms with Crippen LogP contribution in [-0.4, -0.2) is 22.6 Å². The van der Waals surface area contributed by atoms with E-state index in [1.165, 1.54) is 41.5 Å². The smallest absolute Gasteiger partial charge is 0.225 e. The molecule has 0 aromatic carbocycles. The van der Waals surface area contributed by atoms with Gasteiger partial charge in [-0.1, -0.05) is 0 Å². The second-order valence-electron chi connectivity index (χ2n) is 6.31. The Bertz CT molecular complexity index is 646. The van der Waals surface area contributed by atoms with Crippen molar-refractivity contribution < 1.29 is 4.74 Å². The van der Waals surface area contributed by atoms with Crippen molar-refractivity contribution in [2.45, 2.75) is 51.0 Å². The normalized spacial score (nSPS) is 25.2. The number of aromatic nitrogens is 2. The monoisotopic (exact) mass is 303 g/mol. The molecule has 2 aliphatic carbocycles. The van der Waals surface area contributed by atoms with E-state index >= 15 is 0 Å². The van der Waals surface area contributed by atoms with Crippen molar-refractivity contribution in [3.63, 3.8) is 0 Å². The van der Waals surface area contributed by atoms with Crippen LogP contribution < -0.4 is 10.5 Å². The first-order chi connectivity index (χ1) is 10.3. The minimum Gasteiger partial charge on any atom is -0.477 e. The lowest BCUT2D eigenvalue weighted by molar-refractivity contribution is 0.197. The summed E-state index contributed by atoms with van der Waals surface area (Å²) in [5.74, 6) is 1.43. The van der Waals surface area contributed by atoms with Crippen LogP contribution in [0.2, 0.25) is 0 Å². The van der Waals surface area contributed by atoms with Gasteiger partial charge in [0.1, 0.15) is 11.2 Å². The Morgan fingerprint density at radius 1 is 1.19 bits per heavy atom. The Kier molecular flexibility index (Phi) is 3.55. The summed E-state index contributed by atoms with van der Waals surface area (Å²) in [6, 6.07) is 0.396. The number of nitrogens with zero attached hydrogens (tertiary/aromatic N) is 2. The Morgan fingerprint density at radius 2 is 2.05 bits per heavy atom. The molecular weight excluding hydrogens is 282 g/mol. The fraction of sp³-hybridized carbons (Fsp3) is 0.625. The lowest BCUT2D eigenvalue weighted by Gasteiger charge is -2.25. The predicted octanol–water partition coefficient (Wildman–Crippen LogP) is 3.08. The molecule has 2 aromatic rings. The SMILES string of the molecule is N[C@H]1CC[C@H](COc2ncnc3sc4c(c23)CCC4)CC1. The third-order valence-corrected chi connectivity index (χ3v) is 6.01. The van der Waals surface area contributed by atoms with E-state index in [0.717, 1.165) is 36.6 Å². The lowest BCUT2D eigenvalue weighted by atomic mass is 9.87. The van der Waals surface area contributed by atoms with Crippen LogP contribution >= 0.6 is 11.3 Å². The Hall–Kier alpha value is -1.20. The molecule has 4 rings (SSSR count). The summed E-state index contributed by atoms with van der Waals surface area (Å²) >= 11 is 1.81. The second-order valence-corrected chi connectivity index (χ2v) is 7.39. The average molecular weight is 303 g/mol. The van der Waals surface area contributed by atoms with Gasteiger partial charge in [0.05, 0.1) is 12.0 Å². The van der Waals surface area contributed by atoms with Gasteiger partial charge < -0.3 is 10.5 Å². The molecule has 0 bridgehead atoms. The highest BCUT2D eigenvalue weighted by Gasteiger charge is 2.23. The van der Waals surface area contributed by atoms with Crippen molar-refractivity contribution in [3.8, 4) is 5.88 Å². The van der Waals surface area contributed by atoms with E-state index in [0.29, 0.717) is 12.0 Å². The molecule has 2 aliphatic rings. The molecule has 2 aromatic heterocycles. The summed E-state index contributed by atoms with van der Waals surface area (Å²) in [6.45, 7) is 0.767. The van der Waals surface area contributed by atoms with Crippen molar-refractivity contribution in [2.75, 3.05) is 6.61 Å².